The van der Waals surface area contributed by atoms with Crippen LogP contribution in [-0.2, 0) is 25.7 Å². The molecule has 16 heteroatoms. The molecule has 0 unspecified atom stereocenters. The number of amides is 1. The van der Waals surface area contributed by atoms with Gasteiger partial charge in [0.05, 0.1) is 44.6 Å². The van der Waals surface area contributed by atoms with Crippen molar-refractivity contribution in [2.24, 2.45) is 0 Å². The zero-order valence-corrected chi connectivity index (χ0v) is 24.1. The van der Waals surface area contributed by atoms with Crippen molar-refractivity contribution >= 4 is 23.8 Å². The van der Waals surface area contributed by atoms with E-state index in [1.54, 1.807) is 55.9 Å². The summed E-state index contributed by atoms with van der Waals surface area (Å²) in [4.78, 5) is 54.0. The highest BCUT2D eigenvalue weighted by Crippen LogP contribution is 2.09. The predicted octanol–water partition coefficient (Wildman–Crippen LogP) is -1.77. The van der Waals surface area contributed by atoms with E-state index in [9.17, 15) is 34.5 Å². The van der Waals surface area contributed by atoms with Gasteiger partial charge in [-0.25, -0.2) is 4.68 Å². The number of nitrogens with one attached hydrogen (secondary N) is 1. The summed E-state index contributed by atoms with van der Waals surface area (Å²) < 4.78 is 1.55. The van der Waals surface area contributed by atoms with Crippen LogP contribution in [0.5, 0.6) is 0 Å². The van der Waals surface area contributed by atoms with Crippen LogP contribution in [0.3, 0.4) is 0 Å². The highest BCUT2D eigenvalue weighted by atomic mass is 16.4. The zero-order chi connectivity index (χ0) is 31.9. The number of carbonyl (C=O) groups excluding carboxylic acids is 1. The molecule has 2 heterocycles. The number of aromatic nitrogens is 3. The highest BCUT2D eigenvalue weighted by molar-refractivity contribution is 5.78. The fourth-order valence-electron chi connectivity index (χ4n) is 4.54. The summed E-state index contributed by atoms with van der Waals surface area (Å²) in [5, 5.41) is 47.6. The van der Waals surface area contributed by atoms with Gasteiger partial charge in [-0.05, 0) is 24.3 Å². The van der Waals surface area contributed by atoms with E-state index in [4.69, 9.17) is 5.26 Å². The van der Waals surface area contributed by atoms with E-state index in [1.807, 2.05) is 4.90 Å². The molecule has 0 atom stereocenters. The molecule has 234 valence electrons. The fraction of sp³-hybridized carbons (Fsp3) is 0.464. The third-order valence-corrected chi connectivity index (χ3v) is 6.78. The molecule has 0 aliphatic carbocycles. The average Bonchev–Trinajstić information content (AvgIpc) is 3.45. The van der Waals surface area contributed by atoms with Crippen molar-refractivity contribution in [2.75, 3.05) is 78.5 Å². The van der Waals surface area contributed by atoms with Gasteiger partial charge in [0.25, 0.3) is 0 Å². The Morgan fingerprint density at radius 2 is 1.20 bits per heavy atom. The molecular formula is C28H35N9O7. The van der Waals surface area contributed by atoms with Crippen LogP contribution >= 0.6 is 0 Å². The van der Waals surface area contributed by atoms with Gasteiger partial charge in [0.15, 0.2) is 6.07 Å². The molecule has 1 aromatic heterocycles. The van der Waals surface area contributed by atoms with Crippen LogP contribution in [0.1, 0.15) is 11.3 Å². The van der Waals surface area contributed by atoms with Crippen LogP contribution < -0.4 is 5.32 Å². The molecule has 1 aromatic carbocycles. The Morgan fingerprint density at radius 3 is 1.64 bits per heavy atom. The van der Waals surface area contributed by atoms with Crippen molar-refractivity contribution < 1.29 is 34.5 Å². The number of hydrogen-bond acceptors (Lipinski definition) is 11. The summed E-state index contributed by atoms with van der Waals surface area (Å²) in [6, 6.07) is 8.82. The van der Waals surface area contributed by atoms with E-state index in [1.165, 1.54) is 0 Å². The minimum absolute atomic E-state index is 0.00764. The van der Waals surface area contributed by atoms with Crippen LogP contribution in [0.25, 0.3) is 5.69 Å². The van der Waals surface area contributed by atoms with E-state index >= 15 is 0 Å². The molecule has 0 bridgehead atoms. The van der Waals surface area contributed by atoms with Gasteiger partial charge >= 0.3 is 17.9 Å². The molecule has 0 spiro atoms. The Hall–Kier alpha value is -4.87. The van der Waals surface area contributed by atoms with E-state index in [2.05, 4.69) is 27.5 Å². The predicted molar refractivity (Wildman–Crippen MR) is 154 cm³/mol. The van der Waals surface area contributed by atoms with Gasteiger partial charge in [0.1, 0.15) is 5.69 Å². The summed E-state index contributed by atoms with van der Waals surface area (Å²) in [6.45, 7) is 1.87. The lowest BCUT2D eigenvalue weighted by molar-refractivity contribution is -0.140. The summed E-state index contributed by atoms with van der Waals surface area (Å²) in [5.41, 5.74) is 1.92. The molecule has 1 aliphatic heterocycles. The van der Waals surface area contributed by atoms with Crippen LogP contribution in [0.4, 0.5) is 0 Å². The van der Waals surface area contributed by atoms with Crippen molar-refractivity contribution in [1.82, 2.24) is 39.9 Å². The number of carboxylic acid groups (broad SMARTS) is 3. The quantitative estimate of drug-likeness (QED) is 0.208. The lowest BCUT2D eigenvalue weighted by atomic mass is 10.2. The van der Waals surface area contributed by atoms with Crippen molar-refractivity contribution in [1.29, 1.82) is 5.26 Å². The normalized spacial score (nSPS) is 16.0. The summed E-state index contributed by atoms with van der Waals surface area (Å²) in [5.74, 6) is 1.68. The van der Waals surface area contributed by atoms with Crippen molar-refractivity contribution in [3.05, 3.63) is 41.7 Å². The first-order valence-electron chi connectivity index (χ1n) is 13.8. The Bertz CT molecular complexity index is 1360. The highest BCUT2D eigenvalue weighted by Gasteiger charge is 2.21. The van der Waals surface area contributed by atoms with Gasteiger partial charge in [0.2, 0.25) is 5.91 Å². The van der Waals surface area contributed by atoms with Gasteiger partial charge in [-0.3, -0.25) is 38.8 Å². The van der Waals surface area contributed by atoms with Gasteiger partial charge in [-0.1, -0.05) is 11.1 Å². The second kappa shape index (κ2) is 17.3. The number of nitrogens with zero attached hydrogens (tertiary/aromatic N) is 8. The molecule has 1 fully saturated rings. The number of benzene rings is 1. The molecule has 2 aromatic rings. The van der Waals surface area contributed by atoms with Gasteiger partial charge < -0.3 is 20.6 Å². The van der Waals surface area contributed by atoms with E-state index in [0.29, 0.717) is 63.6 Å². The monoisotopic (exact) mass is 609 g/mol. The molecular weight excluding hydrogens is 574 g/mol. The largest absolute Gasteiger partial charge is 0.480 e. The first-order valence-corrected chi connectivity index (χ1v) is 13.8. The summed E-state index contributed by atoms with van der Waals surface area (Å²) in [6.07, 6.45) is 1.67. The van der Waals surface area contributed by atoms with Gasteiger partial charge in [0, 0.05) is 63.8 Å². The molecule has 3 rings (SSSR count). The van der Waals surface area contributed by atoms with Crippen molar-refractivity contribution in [3.63, 3.8) is 0 Å². The van der Waals surface area contributed by atoms with Crippen LogP contribution in [0, 0.1) is 23.2 Å². The number of aliphatic carboxylic acids is 3. The molecule has 0 saturated carbocycles. The van der Waals surface area contributed by atoms with E-state index < -0.39 is 17.9 Å². The summed E-state index contributed by atoms with van der Waals surface area (Å²) in [7, 11) is 0. The second-order valence-electron chi connectivity index (χ2n) is 10.1. The Balaban J connectivity index is 1.62. The smallest absolute Gasteiger partial charge is 0.317 e. The third-order valence-electron chi connectivity index (χ3n) is 6.78. The minimum atomic E-state index is -1.02. The number of rotatable bonds is 11. The first-order chi connectivity index (χ1) is 21.1. The number of hydrogen-bond donors (Lipinski definition) is 4. The molecule has 44 heavy (non-hydrogen) atoms. The number of carbonyl (C=O) groups is 4. The molecule has 0 radical (unpaired) electrons. The standard InChI is InChI=1S/C28H35N9O7/c29-7-1-2-22-3-5-24(6-4-22)37-17-23(31-32-37)16-30-25(38)18-33-8-10-34(19-26(39)40)12-14-36(21-28(43)44)15-13-35(11-9-33)20-27(41)42/h3-6,17H,8-16,18-21H2,(H,30,38)(H,39,40)(H,41,42)(H,43,44). The average molecular weight is 610 g/mol. The zero-order valence-electron chi connectivity index (χ0n) is 24.1. The molecule has 1 amide bonds. The van der Waals surface area contributed by atoms with E-state index in [0.717, 1.165) is 5.69 Å². The lowest BCUT2D eigenvalue weighted by Gasteiger charge is -2.32. The maximum atomic E-state index is 12.9. The molecule has 16 nitrogen and oxygen atoms in total. The Morgan fingerprint density at radius 1 is 0.750 bits per heavy atom. The van der Waals surface area contributed by atoms with Crippen LogP contribution in [0.2, 0.25) is 0 Å². The maximum absolute atomic E-state index is 12.9. The van der Waals surface area contributed by atoms with Gasteiger partial charge in [-0.2, -0.15) is 5.26 Å². The Labute approximate surface area is 254 Å². The molecule has 1 aliphatic rings. The Kier molecular flexibility index (Phi) is 13.2. The maximum Gasteiger partial charge on any atom is 0.317 e. The van der Waals surface area contributed by atoms with Crippen molar-refractivity contribution in [2.45, 2.75) is 6.54 Å². The lowest BCUT2D eigenvalue weighted by Crippen LogP contribution is -2.49. The third kappa shape index (κ3) is 12.2. The second-order valence-corrected chi connectivity index (χ2v) is 10.1. The molecule has 4 N–H and O–H groups in total. The van der Waals surface area contributed by atoms with E-state index in [-0.39, 0.29) is 38.6 Å². The van der Waals surface area contributed by atoms with Crippen LogP contribution in [0.15, 0.2) is 30.5 Å². The minimum Gasteiger partial charge on any atom is -0.480 e. The topological polar surface area (TPSA) is 208 Å². The summed E-state index contributed by atoms with van der Waals surface area (Å²) >= 11 is 0. The number of nitriles is 1. The SMILES string of the molecule is N#CC#Cc1ccc(-n2cc(CNC(=O)CN3CCN(CC(=O)O)CCN(CC(=O)O)CCN(CC(=O)O)CC3)nn2)cc1. The first kappa shape index (κ1) is 33.6. The van der Waals surface area contributed by atoms with Crippen LogP contribution in [-0.4, -0.2) is 152 Å². The fourth-order valence-corrected chi connectivity index (χ4v) is 4.54. The molecule has 1 saturated heterocycles. The van der Waals surface area contributed by atoms with Gasteiger partial charge in [-0.15, -0.1) is 5.10 Å². The van der Waals surface area contributed by atoms with Crippen molar-refractivity contribution in [3.8, 4) is 23.6 Å². The number of carboxylic acids is 3.